The van der Waals surface area contributed by atoms with Crippen LogP contribution >= 0.6 is 11.6 Å². The van der Waals surface area contributed by atoms with Crippen molar-refractivity contribution in [2.75, 3.05) is 11.9 Å². The topological polar surface area (TPSA) is 113 Å². The Bertz CT molecular complexity index is 1040. The summed E-state index contributed by atoms with van der Waals surface area (Å²) in [7, 11) is 0. The van der Waals surface area contributed by atoms with Crippen molar-refractivity contribution in [3.8, 4) is 0 Å². The highest BCUT2D eigenvalue weighted by Gasteiger charge is 2.38. The average molecular weight is 505 g/mol. The largest absolute Gasteiger partial charge is 0.481 e. The first kappa shape index (κ1) is 27.2. The number of nitrogens with zero attached hydrogens (tertiary/aromatic N) is 1. The van der Waals surface area contributed by atoms with Crippen molar-refractivity contribution < 1.29 is 24.3 Å². The molecule has 35 heavy (non-hydrogen) atoms. The Labute approximate surface area is 212 Å². The molecule has 0 unspecified atom stereocenters. The number of aliphatic hydroxyl groups is 1. The SMILES string of the molecule is Cc1ccc(NC(=O)C[C@@H](CCC(=O)O)c2noc([C@H]3C[C@@H](CC(C)(C)C)C3)c2CCO)c(Cl)c1. The Morgan fingerprint density at radius 2 is 2.00 bits per heavy atom. The number of amides is 1. The van der Waals surface area contributed by atoms with Gasteiger partial charge in [-0.25, -0.2) is 0 Å². The van der Waals surface area contributed by atoms with Gasteiger partial charge in [0.05, 0.1) is 16.4 Å². The molecule has 7 nitrogen and oxygen atoms in total. The first-order valence-corrected chi connectivity index (χ1v) is 12.7. The molecule has 1 fully saturated rings. The molecule has 0 aliphatic heterocycles. The maximum atomic E-state index is 12.9. The Kier molecular flexibility index (Phi) is 9.00. The molecule has 1 heterocycles. The monoisotopic (exact) mass is 504 g/mol. The Morgan fingerprint density at radius 3 is 2.60 bits per heavy atom. The van der Waals surface area contributed by atoms with Crippen molar-refractivity contribution in [2.24, 2.45) is 11.3 Å². The second-order valence-electron chi connectivity index (χ2n) is 11.0. The lowest BCUT2D eigenvalue weighted by Gasteiger charge is -2.38. The quantitative estimate of drug-likeness (QED) is 0.342. The number of rotatable bonds is 11. The standard InChI is InChI=1S/C27H37ClN2O5/c1-16-5-7-22(21(28)11-16)29-23(32)14-18(6-8-24(33)34)25-20(9-10-31)26(35-30-25)19-12-17(13-19)15-27(2,3)4/h5,7,11,17-19,31H,6,8-10,12-15H2,1-4H3,(H,29,32)(H,33,34)/t17-,18-,19+/m1/s1. The van der Waals surface area contributed by atoms with Gasteiger partial charge in [-0.15, -0.1) is 0 Å². The highest BCUT2D eigenvalue weighted by molar-refractivity contribution is 6.33. The Balaban J connectivity index is 1.78. The summed E-state index contributed by atoms with van der Waals surface area (Å²) in [4.78, 5) is 24.2. The van der Waals surface area contributed by atoms with Crippen LogP contribution in [0.5, 0.6) is 0 Å². The van der Waals surface area contributed by atoms with E-state index in [0.29, 0.717) is 28.7 Å². The number of aryl methyl sites for hydroxylation is 1. The predicted molar refractivity (Wildman–Crippen MR) is 136 cm³/mol. The van der Waals surface area contributed by atoms with Crippen LogP contribution in [0.3, 0.4) is 0 Å². The summed E-state index contributed by atoms with van der Waals surface area (Å²) in [5.74, 6) is -0.0110. The van der Waals surface area contributed by atoms with Crippen molar-refractivity contribution in [3.63, 3.8) is 0 Å². The van der Waals surface area contributed by atoms with Crippen LogP contribution in [-0.4, -0.2) is 33.9 Å². The van der Waals surface area contributed by atoms with E-state index < -0.39 is 11.9 Å². The van der Waals surface area contributed by atoms with E-state index in [-0.39, 0.29) is 43.1 Å². The highest BCUT2D eigenvalue weighted by Crippen LogP contribution is 2.48. The average Bonchev–Trinajstić information content (AvgIpc) is 3.12. The van der Waals surface area contributed by atoms with Gasteiger partial charge in [-0.1, -0.05) is 43.6 Å². The first-order chi connectivity index (χ1) is 16.5. The molecule has 1 saturated carbocycles. The van der Waals surface area contributed by atoms with Crippen LogP contribution in [0.1, 0.15) is 93.7 Å². The minimum atomic E-state index is -0.937. The fraction of sp³-hybridized carbons (Fsp3) is 0.593. The normalized spacial score (nSPS) is 18.7. The summed E-state index contributed by atoms with van der Waals surface area (Å²) in [6.07, 6.45) is 3.71. The van der Waals surface area contributed by atoms with Crippen LogP contribution in [0.25, 0.3) is 0 Å². The number of aliphatic hydroxyl groups excluding tert-OH is 1. The van der Waals surface area contributed by atoms with Crippen molar-refractivity contribution in [3.05, 3.63) is 45.8 Å². The zero-order chi connectivity index (χ0) is 25.8. The van der Waals surface area contributed by atoms with Gasteiger partial charge in [0.1, 0.15) is 5.76 Å². The van der Waals surface area contributed by atoms with Gasteiger partial charge in [0.25, 0.3) is 0 Å². The number of benzene rings is 1. The number of halogens is 1. The van der Waals surface area contributed by atoms with E-state index in [4.69, 9.17) is 16.1 Å². The third kappa shape index (κ3) is 7.55. The minimum Gasteiger partial charge on any atom is -0.481 e. The maximum Gasteiger partial charge on any atom is 0.303 e. The molecule has 1 aliphatic rings. The molecule has 3 N–H and O–H groups in total. The molecular weight excluding hydrogens is 468 g/mol. The van der Waals surface area contributed by atoms with Gasteiger partial charge in [-0.2, -0.15) is 0 Å². The van der Waals surface area contributed by atoms with Crippen LogP contribution in [0.2, 0.25) is 5.02 Å². The molecule has 0 radical (unpaired) electrons. The Hall–Kier alpha value is -2.38. The first-order valence-electron chi connectivity index (χ1n) is 12.3. The molecule has 8 heteroatoms. The molecule has 1 aromatic carbocycles. The molecule has 1 amide bonds. The third-order valence-corrected chi connectivity index (χ3v) is 6.95. The van der Waals surface area contributed by atoms with Crippen LogP contribution in [0.15, 0.2) is 22.7 Å². The lowest BCUT2D eigenvalue weighted by atomic mass is 9.67. The van der Waals surface area contributed by atoms with Crippen molar-refractivity contribution >= 4 is 29.2 Å². The lowest BCUT2D eigenvalue weighted by Crippen LogP contribution is -2.26. The summed E-state index contributed by atoms with van der Waals surface area (Å²) in [5.41, 5.74) is 3.17. The number of carboxylic acids is 1. The maximum absolute atomic E-state index is 12.9. The van der Waals surface area contributed by atoms with Crippen LogP contribution < -0.4 is 5.32 Å². The number of carbonyl (C=O) groups excluding carboxylic acids is 1. The lowest BCUT2D eigenvalue weighted by molar-refractivity contribution is -0.137. The summed E-state index contributed by atoms with van der Waals surface area (Å²) in [6, 6.07) is 5.38. The fourth-order valence-corrected chi connectivity index (χ4v) is 5.38. The number of anilines is 1. The molecule has 192 valence electrons. The third-order valence-electron chi connectivity index (χ3n) is 6.64. The molecule has 3 rings (SSSR count). The van der Waals surface area contributed by atoms with E-state index in [1.165, 1.54) is 0 Å². The molecule has 1 aromatic heterocycles. The van der Waals surface area contributed by atoms with Crippen molar-refractivity contribution in [1.29, 1.82) is 0 Å². The second kappa shape index (κ2) is 11.6. The number of aromatic nitrogens is 1. The van der Waals surface area contributed by atoms with Gasteiger partial charge >= 0.3 is 5.97 Å². The van der Waals surface area contributed by atoms with Gasteiger partial charge < -0.3 is 20.1 Å². The number of nitrogens with one attached hydrogen (secondary N) is 1. The van der Waals surface area contributed by atoms with E-state index in [9.17, 15) is 19.8 Å². The molecule has 0 saturated heterocycles. The zero-order valence-electron chi connectivity index (χ0n) is 21.1. The zero-order valence-corrected chi connectivity index (χ0v) is 21.8. The molecule has 0 spiro atoms. The molecule has 1 atom stereocenters. The van der Waals surface area contributed by atoms with Crippen LogP contribution in [0.4, 0.5) is 5.69 Å². The van der Waals surface area contributed by atoms with Gasteiger partial charge in [-0.05, 0) is 61.6 Å². The number of carboxylic acid groups (broad SMARTS) is 1. The van der Waals surface area contributed by atoms with Crippen LogP contribution in [0, 0.1) is 18.3 Å². The number of aliphatic carboxylic acids is 1. The van der Waals surface area contributed by atoms with E-state index in [1.54, 1.807) is 12.1 Å². The van der Waals surface area contributed by atoms with E-state index in [0.717, 1.165) is 36.1 Å². The summed E-state index contributed by atoms with van der Waals surface area (Å²) >= 11 is 6.26. The van der Waals surface area contributed by atoms with E-state index in [2.05, 4.69) is 31.2 Å². The van der Waals surface area contributed by atoms with E-state index in [1.807, 2.05) is 13.0 Å². The fourth-order valence-electron chi connectivity index (χ4n) is 5.10. The van der Waals surface area contributed by atoms with Gasteiger partial charge in [0.15, 0.2) is 0 Å². The predicted octanol–water partition coefficient (Wildman–Crippen LogP) is 6.08. The molecule has 0 bridgehead atoms. The summed E-state index contributed by atoms with van der Waals surface area (Å²) in [5, 5.41) is 26.6. The smallest absolute Gasteiger partial charge is 0.303 e. The minimum absolute atomic E-state index is 0.0409. The Morgan fingerprint density at radius 1 is 1.29 bits per heavy atom. The summed E-state index contributed by atoms with van der Waals surface area (Å²) in [6.45, 7) is 8.57. The molecular formula is C27H37ClN2O5. The molecule has 2 aromatic rings. The van der Waals surface area contributed by atoms with Crippen LogP contribution in [-0.2, 0) is 16.0 Å². The second-order valence-corrected chi connectivity index (χ2v) is 11.5. The number of hydrogen-bond donors (Lipinski definition) is 3. The van der Waals surface area contributed by atoms with Gasteiger partial charge in [0.2, 0.25) is 5.91 Å². The van der Waals surface area contributed by atoms with E-state index >= 15 is 0 Å². The van der Waals surface area contributed by atoms with Crippen molar-refractivity contribution in [1.82, 2.24) is 5.16 Å². The van der Waals surface area contributed by atoms with Crippen molar-refractivity contribution in [2.45, 2.75) is 84.5 Å². The molecule has 1 aliphatic carbocycles. The number of hydrogen-bond acceptors (Lipinski definition) is 5. The number of carbonyl (C=O) groups is 2. The van der Waals surface area contributed by atoms with Gasteiger partial charge in [-0.3, -0.25) is 9.59 Å². The highest BCUT2D eigenvalue weighted by atomic mass is 35.5. The summed E-state index contributed by atoms with van der Waals surface area (Å²) < 4.78 is 5.79. The van der Waals surface area contributed by atoms with Gasteiger partial charge in [0, 0.05) is 43.3 Å².